The minimum atomic E-state index is -0.288. The van der Waals surface area contributed by atoms with Gasteiger partial charge >= 0.3 is 0 Å². The van der Waals surface area contributed by atoms with E-state index in [1.807, 2.05) is 23.2 Å². The van der Waals surface area contributed by atoms with Gasteiger partial charge in [-0.25, -0.2) is 4.39 Å². The lowest BCUT2D eigenvalue weighted by atomic mass is 9.92. The van der Waals surface area contributed by atoms with Crippen LogP contribution in [0.1, 0.15) is 29.7 Å². The van der Waals surface area contributed by atoms with Gasteiger partial charge < -0.3 is 4.90 Å². The smallest absolute Gasteiger partial charge is 0.226 e. The van der Waals surface area contributed by atoms with Crippen LogP contribution in [0.25, 0.3) is 11.1 Å². The Labute approximate surface area is 190 Å². The third-order valence-electron chi connectivity index (χ3n) is 6.55. The molecular weight excluding hydrogens is 436 g/mol. The Kier molecular flexibility index (Phi) is 5.49. The lowest BCUT2D eigenvalue weighted by Gasteiger charge is -2.31. The van der Waals surface area contributed by atoms with Crippen LogP contribution in [0.15, 0.2) is 42.6 Å². The summed E-state index contributed by atoms with van der Waals surface area (Å²) in [5, 5.41) is 8.26. The second-order valence-corrected chi connectivity index (χ2v) is 9.23. The van der Waals surface area contributed by atoms with Crippen LogP contribution in [0.5, 0.6) is 0 Å². The van der Waals surface area contributed by atoms with Crippen molar-refractivity contribution < 1.29 is 9.18 Å². The van der Waals surface area contributed by atoms with Crippen molar-refractivity contribution in [1.29, 1.82) is 0 Å². The molecule has 31 heavy (non-hydrogen) atoms. The van der Waals surface area contributed by atoms with Crippen LogP contribution in [0.2, 0.25) is 10.0 Å². The lowest BCUT2D eigenvalue weighted by molar-refractivity contribution is -0.133. The molecular formula is C24H22Cl2FN3O. The van der Waals surface area contributed by atoms with Gasteiger partial charge in [-0.15, -0.1) is 0 Å². The first kappa shape index (κ1) is 20.5. The summed E-state index contributed by atoms with van der Waals surface area (Å²) in [6, 6.07) is 10.1. The molecule has 1 aliphatic heterocycles. The minimum Gasteiger partial charge on any atom is -0.339 e. The van der Waals surface area contributed by atoms with Gasteiger partial charge in [-0.2, -0.15) is 5.10 Å². The molecule has 1 N–H and O–H groups in total. The number of nitrogens with one attached hydrogen (secondary N) is 1. The predicted octanol–water partition coefficient (Wildman–Crippen LogP) is 5.47. The molecule has 2 aliphatic rings. The monoisotopic (exact) mass is 457 g/mol. The molecule has 160 valence electrons. The van der Waals surface area contributed by atoms with Crippen LogP contribution in [-0.4, -0.2) is 33.6 Å². The molecule has 2 aromatic carbocycles. The number of amides is 1. The molecule has 3 aromatic rings. The summed E-state index contributed by atoms with van der Waals surface area (Å²) in [5.74, 6) is -0.215. The van der Waals surface area contributed by atoms with Crippen molar-refractivity contribution in [3.63, 3.8) is 0 Å². The maximum absolute atomic E-state index is 13.2. The molecule has 1 amide bonds. The molecule has 2 atom stereocenters. The molecule has 0 bridgehead atoms. The zero-order valence-corrected chi connectivity index (χ0v) is 18.4. The Morgan fingerprint density at radius 1 is 1.10 bits per heavy atom. The van der Waals surface area contributed by atoms with Crippen molar-refractivity contribution >= 4 is 29.1 Å². The number of nitrogens with zero attached hydrogens (tertiary/aromatic N) is 2. The van der Waals surface area contributed by atoms with E-state index in [2.05, 4.69) is 10.2 Å². The molecule has 1 saturated heterocycles. The average molecular weight is 458 g/mol. The van der Waals surface area contributed by atoms with E-state index in [9.17, 15) is 9.18 Å². The predicted molar refractivity (Wildman–Crippen MR) is 120 cm³/mol. The highest BCUT2D eigenvalue weighted by molar-refractivity contribution is 6.36. The molecule has 4 nitrogen and oxygen atoms in total. The number of H-pyrrole nitrogens is 1. The maximum atomic E-state index is 13.2. The van der Waals surface area contributed by atoms with Gasteiger partial charge in [0.15, 0.2) is 0 Å². The number of rotatable bonds is 4. The number of aryl methyl sites for hydroxylation is 1. The summed E-state index contributed by atoms with van der Waals surface area (Å²) in [4.78, 5) is 15.2. The SMILES string of the molecule is O=C1[C@H](Cc2c(Cl)cc(-c3ccc(F)cc3)cc2Cl)CCN1[C@@H]1CCc2[nH]ncc2C1. The molecule has 2 heterocycles. The zero-order chi connectivity index (χ0) is 21.5. The fourth-order valence-electron chi connectivity index (χ4n) is 4.83. The fourth-order valence-corrected chi connectivity index (χ4v) is 5.47. The largest absolute Gasteiger partial charge is 0.339 e. The average Bonchev–Trinajstić information content (AvgIpc) is 3.37. The van der Waals surface area contributed by atoms with Crippen LogP contribution in [0.3, 0.4) is 0 Å². The van der Waals surface area contributed by atoms with Gasteiger partial charge in [0.05, 0.1) is 6.20 Å². The number of aromatic amines is 1. The summed E-state index contributed by atoms with van der Waals surface area (Å²) in [6.45, 7) is 0.768. The van der Waals surface area contributed by atoms with Crippen LogP contribution < -0.4 is 0 Å². The highest BCUT2D eigenvalue weighted by Crippen LogP contribution is 2.36. The molecule has 1 fully saturated rings. The molecule has 0 saturated carbocycles. The van der Waals surface area contributed by atoms with Crippen molar-refractivity contribution in [3.05, 3.63) is 75.3 Å². The van der Waals surface area contributed by atoms with Crippen LogP contribution in [0.4, 0.5) is 4.39 Å². The Morgan fingerprint density at radius 2 is 1.84 bits per heavy atom. The molecule has 0 spiro atoms. The van der Waals surface area contributed by atoms with Crippen LogP contribution in [-0.2, 0) is 24.1 Å². The maximum Gasteiger partial charge on any atom is 0.226 e. The number of fused-ring (bicyclic) bond motifs is 1. The van der Waals surface area contributed by atoms with Gasteiger partial charge in [0.2, 0.25) is 5.91 Å². The third kappa shape index (κ3) is 3.97. The van der Waals surface area contributed by atoms with E-state index in [1.54, 1.807) is 12.1 Å². The number of halogens is 3. The summed E-state index contributed by atoms with van der Waals surface area (Å²) < 4.78 is 13.2. The first-order valence-electron chi connectivity index (χ1n) is 10.5. The van der Waals surface area contributed by atoms with Crippen LogP contribution in [0, 0.1) is 11.7 Å². The van der Waals surface area contributed by atoms with E-state index < -0.39 is 0 Å². The van der Waals surface area contributed by atoms with E-state index in [-0.39, 0.29) is 23.7 Å². The zero-order valence-electron chi connectivity index (χ0n) is 16.9. The van der Waals surface area contributed by atoms with Crippen molar-refractivity contribution in [2.45, 2.75) is 38.1 Å². The van der Waals surface area contributed by atoms with E-state index >= 15 is 0 Å². The van der Waals surface area contributed by atoms with Gasteiger partial charge in [0.25, 0.3) is 0 Å². The van der Waals surface area contributed by atoms with Crippen molar-refractivity contribution in [1.82, 2.24) is 15.1 Å². The normalized spacial score (nSPS) is 20.9. The summed E-state index contributed by atoms with van der Waals surface area (Å²) in [7, 11) is 0. The van der Waals surface area contributed by atoms with Gasteiger partial charge in [-0.3, -0.25) is 9.89 Å². The van der Waals surface area contributed by atoms with Gasteiger partial charge in [0.1, 0.15) is 5.82 Å². The summed E-state index contributed by atoms with van der Waals surface area (Å²) in [5.41, 5.74) is 4.89. The van der Waals surface area contributed by atoms with Gasteiger partial charge in [-0.1, -0.05) is 35.3 Å². The summed E-state index contributed by atoms with van der Waals surface area (Å²) in [6.07, 6.45) is 5.96. The Balaban J connectivity index is 1.31. The fraction of sp³-hybridized carbons (Fsp3) is 0.333. The Hall–Kier alpha value is -2.37. The number of benzene rings is 2. The number of aromatic nitrogens is 2. The summed E-state index contributed by atoms with van der Waals surface area (Å²) >= 11 is 13.2. The van der Waals surface area contributed by atoms with E-state index in [0.29, 0.717) is 16.5 Å². The first-order chi connectivity index (χ1) is 15.0. The number of carbonyl (C=O) groups excluding carboxylic acids is 1. The number of hydrogen-bond donors (Lipinski definition) is 1. The third-order valence-corrected chi connectivity index (χ3v) is 7.23. The second kappa shape index (κ2) is 8.29. The molecule has 1 aliphatic carbocycles. The quantitative estimate of drug-likeness (QED) is 0.564. The van der Waals surface area contributed by atoms with E-state index in [0.717, 1.165) is 48.9 Å². The Morgan fingerprint density at radius 3 is 2.58 bits per heavy atom. The highest BCUT2D eigenvalue weighted by Gasteiger charge is 2.37. The second-order valence-electron chi connectivity index (χ2n) is 8.42. The number of likely N-dealkylation sites (tertiary alicyclic amines) is 1. The first-order valence-corrected chi connectivity index (χ1v) is 11.3. The molecule has 1 aromatic heterocycles. The minimum absolute atomic E-state index is 0.114. The molecule has 0 radical (unpaired) electrons. The number of hydrogen-bond acceptors (Lipinski definition) is 2. The van der Waals surface area contributed by atoms with Crippen LogP contribution >= 0.6 is 23.2 Å². The van der Waals surface area contributed by atoms with Crippen molar-refractivity contribution in [3.8, 4) is 11.1 Å². The highest BCUT2D eigenvalue weighted by atomic mass is 35.5. The van der Waals surface area contributed by atoms with Gasteiger partial charge in [0, 0.05) is 34.2 Å². The van der Waals surface area contributed by atoms with Gasteiger partial charge in [-0.05, 0) is 78.6 Å². The van der Waals surface area contributed by atoms with Crippen molar-refractivity contribution in [2.24, 2.45) is 5.92 Å². The lowest BCUT2D eigenvalue weighted by Crippen LogP contribution is -2.41. The number of carbonyl (C=O) groups is 1. The van der Waals surface area contributed by atoms with E-state index in [4.69, 9.17) is 23.2 Å². The topological polar surface area (TPSA) is 49.0 Å². The van der Waals surface area contributed by atoms with E-state index in [1.165, 1.54) is 23.4 Å². The molecule has 7 heteroatoms. The Bertz CT molecular complexity index is 1110. The standard InChI is InChI=1S/C24H22Cl2FN3O/c25-21-11-16(14-1-3-18(27)4-2-14)12-22(26)20(21)10-15-7-8-30(24(15)31)19-5-6-23-17(9-19)13-28-29-23/h1-4,11-13,15,19H,5-10H2,(H,28,29)/t15-,19+/m0/s1. The van der Waals surface area contributed by atoms with Crippen molar-refractivity contribution in [2.75, 3.05) is 6.54 Å². The molecule has 0 unspecified atom stereocenters. The molecule has 5 rings (SSSR count).